The lowest BCUT2D eigenvalue weighted by atomic mass is 9.96. The number of nitrogens with zero attached hydrogens (tertiary/aromatic N) is 3. The van der Waals surface area contributed by atoms with E-state index in [1.54, 1.807) is 37.5 Å². The second-order valence-corrected chi connectivity index (χ2v) is 8.24. The van der Waals surface area contributed by atoms with Gasteiger partial charge in [-0.3, -0.25) is 9.79 Å². The summed E-state index contributed by atoms with van der Waals surface area (Å²) in [5.41, 5.74) is 9.61. The van der Waals surface area contributed by atoms with Crippen molar-refractivity contribution in [3.63, 3.8) is 0 Å². The van der Waals surface area contributed by atoms with Crippen LogP contribution < -0.4 is 16.4 Å². The van der Waals surface area contributed by atoms with Crippen molar-refractivity contribution >= 4 is 23.6 Å². The van der Waals surface area contributed by atoms with E-state index in [2.05, 4.69) is 45.8 Å². The number of anilines is 1. The topological polar surface area (TPSA) is 116 Å². The van der Waals surface area contributed by atoms with Crippen LogP contribution in [-0.4, -0.2) is 29.7 Å². The molecule has 174 valence electrons. The number of pyridine rings is 1. The molecular weight excluding hydrogens is 424 g/mol. The van der Waals surface area contributed by atoms with Crippen LogP contribution in [0.15, 0.2) is 83.2 Å². The van der Waals surface area contributed by atoms with Crippen molar-refractivity contribution in [1.82, 2.24) is 10.3 Å². The van der Waals surface area contributed by atoms with Crippen LogP contribution in [0.4, 0.5) is 11.5 Å². The third-order valence-electron chi connectivity index (χ3n) is 5.42. The SMILES string of the molecule is C/C(N)=C/C=Nc1ccc(NC(=O)C(NCC(C)c2ccc(C#N)cc2)C2=CCCC=C2)nc1. The smallest absolute Gasteiger partial charge is 0.247 e. The molecule has 34 heavy (non-hydrogen) atoms. The van der Waals surface area contributed by atoms with E-state index in [1.165, 1.54) is 0 Å². The van der Waals surface area contributed by atoms with Gasteiger partial charge in [-0.15, -0.1) is 0 Å². The van der Waals surface area contributed by atoms with Crippen LogP contribution in [-0.2, 0) is 4.79 Å². The summed E-state index contributed by atoms with van der Waals surface area (Å²) in [6.45, 7) is 4.48. The van der Waals surface area contributed by atoms with E-state index in [-0.39, 0.29) is 11.8 Å². The van der Waals surface area contributed by atoms with Gasteiger partial charge in [0.1, 0.15) is 11.9 Å². The number of amides is 1. The molecule has 0 radical (unpaired) electrons. The Bertz CT molecular complexity index is 1130. The van der Waals surface area contributed by atoms with Crippen molar-refractivity contribution in [3.8, 4) is 6.07 Å². The molecule has 4 N–H and O–H groups in total. The van der Waals surface area contributed by atoms with Gasteiger partial charge in [0.25, 0.3) is 0 Å². The van der Waals surface area contributed by atoms with E-state index in [9.17, 15) is 4.79 Å². The number of nitriles is 1. The fourth-order valence-electron chi connectivity index (χ4n) is 3.48. The molecule has 1 aliphatic rings. The lowest BCUT2D eigenvalue weighted by Gasteiger charge is -2.23. The molecule has 0 saturated heterocycles. The Morgan fingerprint density at radius 1 is 1.26 bits per heavy atom. The quantitative estimate of drug-likeness (QED) is 0.483. The predicted octanol–water partition coefficient (Wildman–Crippen LogP) is 4.49. The summed E-state index contributed by atoms with van der Waals surface area (Å²) < 4.78 is 0. The maximum absolute atomic E-state index is 13.2. The lowest BCUT2D eigenvalue weighted by Crippen LogP contribution is -2.43. The van der Waals surface area contributed by atoms with E-state index < -0.39 is 6.04 Å². The first kappa shape index (κ1) is 24.6. The monoisotopic (exact) mass is 454 g/mol. The highest BCUT2D eigenvalue weighted by molar-refractivity contribution is 5.96. The Kier molecular flexibility index (Phi) is 8.89. The molecule has 0 fully saturated rings. The molecule has 0 bridgehead atoms. The van der Waals surface area contributed by atoms with E-state index in [0.717, 1.165) is 24.0 Å². The number of nitrogens with one attached hydrogen (secondary N) is 2. The Labute approximate surface area is 200 Å². The van der Waals surface area contributed by atoms with E-state index >= 15 is 0 Å². The number of carbonyl (C=O) groups is 1. The summed E-state index contributed by atoms with van der Waals surface area (Å²) in [6.07, 6.45) is 13.0. The standard InChI is InChI=1S/C27H30N6O/c1-19(22-10-8-21(16-28)9-11-22)17-32-26(23-6-4-3-5-7-23)27(34)33-25-13-12-24(18-31-25)30-15-14-20(2)29/h4,6-15,18-19,26,32H,3,5,17,29H2,1-2H3,(H,31,33,34)/b20-14-,30-15?. The largest absolute Gasteiger partial charge is 0.402 e. The normalized spacial score (nSPS) is 15.4. The number of allylic oxidation sites excluding steroid dienone is 4. The van der Waals surface area contributed by atoms with Gasteiger partial charge in [-0.25, -0.2) is 4.98 Å². The zero-order valence-electron chi connectivity index (χ0n) is 19.5. The number of rotatable bonds is 9. The van der Waals surface area contributed by atoms with Crippen molar-refractivity contribution in [1.29, 1.82) is 5.26 Å². The molecule has 0 saturated carbocycles. The highest BCUT2D eigenvalue weighted by atomic mass is 16.2. The molecule has 1 amide bonds. The second-order valence-electron chi connectivity index (χ2n) is 8.24. The fourth-order valence-corrected chi connectivity index (χ4v) is 3.48. The highest BCUT2D eigenvalue weighted by Crippen LogP contribution is 2.19. The summed E-state index contributed by atoms with van der Waals surface area (Å²) >= 11 is 0. The third-order valence-corrected chi connectivity index (χ3v) is 5.42. The zero-order chi connectivity index (χ0) is 24.3. The number of nitrogens with two attached hydrogens (primary N) is 1. The minimum absolute atomic E-state index is 0.165. The van der Waals surface area contributed by atoms with Crippen LogP contribution in [0.25, 0.3) is 0 Å². The van der Waals surface area contributed by atoms with Gasteiger partial charge >= 0.3 is 0 Å². The van der Waals surface area contributed by atoms with Crippen LogP contribution in [0.3, 0.4) is 0 Å². The predicted molar refractivity (Wildman–Crippen MR) is 137 cm³/mol. The van der Waals surface area contributed by atoms with Gasteiger partial charge in [0.15, 0.2) is 0 Å². The summed E-state index contributed by atoms with van der Waals surface area (Å²) in [4.78, 5) is 21.8. The number of hydrogen-bond acceptors (Lipinski definition) is 6. The first-order valence-corrected chi connectivity index (χ1v) is 11.3. The molecule has 0 spiro atoms. The summed E-state index contributed by atoms with van der Waals surface area (Å²) in [5.74, 6) is 0.454. The van der Waals surface area contributed by atoms with E-state index in [4.69, 9.17) is 11.0 Å². The molecule has 7 heteroatoms. The van der Waals surface area contributed by atoms with Gasteiger partial charge in [0, 0.05) is 18.5 Å². The Hall–Kier alpha value is -4.02. The van der Waals surface area contributed by atoms with E-state index in [1.807, 2.05) is 30.3 Å². The van der Waals surface area contributed by atoms with Gasteiger partial charge in [0.2, 0.25) is 5.91 Å². The second kappa shape index (κ2) is 12.3. The summed E-state index contributed by atoms with van der Waals surface area (Å²) in [6, 6.07) is 12.7. The number of benzene rings is 1. The molecule has 1 aliphatic carbocycles. The molecule has 2 atom stereocenters. The minimum Gasteiger partial charge on any atom is -0.402 e. The van der Waals surface area contributed by atoms with Crippen molar-refractivity contribution in [3.05, 3.63) is 89.3 Å². The van der Waals surface area contributed by atoms with Crippen LogP contribution in [0.5, 0.6) is 0 Å². The van der Waals surface area contributed by atoms with Gasteiger partial charge in [0.05, 0.1) is 23.5 Å². The van der Waals surface area contributed by atoms with Gasteiger partial charge < -0.3 is 16.4 Å². The molecule has 0 aliphatic heterocycles. The molecule has 1 heterocycles. The molecule has 1 aromatic heterocycles. The molecule has 3 rings (SSSR count). The Morgan fingerprint density at radius 2 is 2.06 bits per heavy atom. The van der Waals surface area contributed by atoms with Gasteiger partial charge in [-0.2, -0.15) is 5.26 Å². The van der Waals surface area contributed by atoms with Crippen molar-refractivity contribution in [2.24, 2.45) is 10.7 Å². The lowest BCUT2D eigenvalue weighted by molar-refractivity contribution is -0.117. The number of aromatic nitrogens is 1. The molecule has 7 nitrogen and oxygen atoms in total. The maximum Gasteiger partial charge on any atom is 0.247 e. The van der Waals surface area contributed by atoms with Crippen LogP contribution in [0.1, 0.15) is 43.7 Å². The summed E-state index contributed by atoms with van der Waals surface area (Å²) in [7, 11) is 0. The molecule has 1 aromatic carbocycles. The third kappa shape index (κ3) is 7.26. The number of aliphatic imine (C=N–C) groups is 1. The van der Waals surface area contributed by atoms with Crippen molar-refractivity contribution in [2.45, 2.75) is 38.6 Å². The molecular formula is C27H30N6O. The van der Waals surface area contributed by atoms with Crippen LogP contribution >= 0.6 is 0 Å². The first-order chi connectivity index (χ1) is 16.5. The minimum atomic E-state index is -0.505. The van der Waals surface area contributed by atoms with Gasteiger partial charge in [-0.1, -0.05) is 37.3 Å². The summed E-state index contributed by atoms with van der Waals surface area (Å²) in [5, 5.41) is 15.3. The molecule has 2 unspecified atom stereocenters. The number of hydrogen-bond donors (Lipinski definition) is 3. The zero-order valence-corrected chi connectivity index (χ0v) is 19.5. The van der Waals surface area contributed by atoms with Crippen LogP contribution in [0.2, 0.25) is 0 Å². The highest BCUT2D eigenvalue weighted by Gasteiger charge is 2.23. The van der Waals surface area contributed by atoms with Gasteiger partial charge in [-0.05, 0) is 67.2 Å². The van der Waals surface area contributed by atoms with Crippen molar-refractivity contribution in [2.75, 3.05) is 11.9 Å². The molecule has 2 aromatic rings. The first-order valence-electron chi connectivity index (χ1n) is 11.3. The Balaban J connectivity index is 1.67. The van der Waals surface area contributed by atoms with E-state index in [0.29, 0.717) is 29.3 Å². The van der Waals surface area contributed by atoms with Crippen molar-refractivity contribution < 1.29 is 4.79 Å². The Morgan fingerprint density at radius 3 is 2.68 bits per heavy atom. The average molecular weight is 455 g/mol. The average Bonchev–Trinajstić information content (AvgIpc) is 2.85. The maximum atomic E-state index is 13.2. The fraction of sp³-hybridized carbons (Fsp3) is 0.259. The van der Waals surface area contributed by atoms with Crippen LogP contribution in [0, 0.1) is 11.3 Å². The number of carbonyl (C=O) groups excluding carboxylic acids is 1.